The third kappa shape index (κ3) is 31.2. The fraction of sp³-hybridized carbons (Fsp3) is 0.900. The molecule has 0 aliphatic carbocycles. The van der Waals surface area contributed by atoms with Crippen LogP contribution in [0.15, 0.2) is 12.2 Å². The van der Waals surface area contributed by atoms with Crippen LogP contribution in [-0.2, 0) is 9.59 Å². The second kappa shape index (κ2) is 36.4. The Hall–Kier alpha value is -1.40. The fourth-order valence-corrected chi connectivity index (χ4v) is 6.20. The van der Waals surface area contributed by atoms with E-state index in [1.807, 2.05) is 4.90 Å². The number of nitrogens with one attached hydrogen (secondary N) is 1. The van der Waals surface area contributed by atoms with Gasteiger partial charge in [-0.2, -0.15) is 0 Å². The first-order valence-corrected chi connectivity index (χ1v) is 20.4. The van der Waals surface area contributed by atoms with Crippen LogP contribution in [0.1, 0.15) is 200 Å². The van der Waals surface area contributed by atoms with Gasteiger partial charge < -0.3 is 21.7 Å². The van der Waals surface area contributed by atoms with Crippen molar-refractivity contribution >= 4 is 11.8 Å². The maximum Gasteiger partial charge on any atom is 0.278 e. The molecule has 46 heavy (non-hydrogen) atoms. The molecule has 6 nitrogen and oxygen atoms in total. The van der Waals surface area contributed by atoms with Crippen LogP contribution in [0.2, 0.25) is 0 Å². The number of carbonyl (C=O) groups is 2. The van der Waals surface area contributed by atoms with Gasteiger partial charge in [0, 0.05) is 13.1 Å². The van der Waals surface area contributed by atoms with Gasteiger partial charge in [0.2, 0.25) is 5.91 Å². The number of nitrogens with zero attached hydrogens (tertiary/aromatic N) is 1. The maximum atomic E-state index is 13.1. The van der Waals surface area contributed by atoms with Gasteiger partial charge in [-0.15, -0.1) is 0 Å². The molecule has 0 rings (SSSR count). The smallest absolute Gasteiger partial charge is 0.278 e. The molecule has 0 aliphatic rings. The second-order valence-electron chi connectivity index (χ2n) is 14.0. The van der Waals surface area contributed by atoms with Gasteiger partial charge in [-0.25, -0.2) is 0 Å². The molecule has 0 aromatic carbocycles. The van der Waals surface area contributed by atoms with E-state index < -0.39 is 0 Å². The number of unbranched alkanes of at least 4 members (excludes halogenated alkanes) is 25. The molecule has 0 bridgehead atoms. The van der Waals surface area contributed by atoms with Crippen molar-refractivity contribution < 1.29 is 21.1 Å². The minimum atomic E-state index is -0.333. The summed E-state index contributed by atoms with van der Waals surface area (Å²) in [5.41, 5.74) is 7.73. The summed E-state index contributed by atoms with van der Waals surface area (Å²) in [6.07, 6.45) is 42.2. The van der Waals surface area contributed by atoms with E-state index in [0.717, 1.165) is 25.9 Å². The lowest BCUT2D eigenvalue weighted by Crippen LogP contribution is -2.70. The van der Waals surface area contributed by atoms with E-state index in [1.54, 1.807) is 0 Å². The Balaban J connectivity index is 4.12. The van der Waals surface area contributed by atoms with Crippen LogP contribution in [0.3, 0.4) is 0 Å². The van der Waals surface area contributed by atoms with E-state index >= 15 is 0 Å². The predicted octanol–water partition coefficient (Wildman–Crippen LogP) is 8.69. The summed E-state index contributed by atoms with van der Waals surface area (Å²) in [4.78, 5) is 27.4. The van der Waals surface area contributed by atoms with Crippen molar-refractivity contribution in [1.29, 1.82) is 0 Å². The highest BCUT2D eigenvalue weighted by molar-refractivity contribution is 5.86. The lowest BCUT2D eigenvalue weighted by atomic mass is 10.0. The van der Waals surface area contributed by atoms with E-state index in [9.17, 15) is 9.59 Å². The Labute approximate surface area is 287 Å². The molecule has 0 saturated heterocycles. The van der Waals surface area contributed by atoms with E-state index in [0.29, 0.717) is 13.0 Å². The third-order valence-electron chi connectivity index (χ3n) is 9.41. The van der Waals surface area contributed by atoms with Crippen LogP contribution in [0, 0.1) is 0 Å². The topological polar surface area (TPSA) is 105 Å². The lowest BCUT2D eigenvalue weighted by molar-refractivity contribution is -0.429. The highest BCUT2D eigenvalue weighted by atomic mass is 16.2. The van der Waals surface area contributed by atoms with Crippen LogP contribution in [0.4, 0.5) is 0 Å². The van der Waals surface area contributed by atoms with Gasteiger partial charge in [0.15, 0.2) is 6.04 Å². The Morgan fingerprint density at radius 1 is 0.565 bits per heavy atom. The van der Waals surface area contributed by atoms with Crippen molar-refractivity contribution in [3.63, 3.8) is 0 Å². The molecule has 0 saturated carbocycles. The number of quaternary nitrogens is 2. The van der Waals surface area contributed by atoms with Gasteiger partial charge in [0.25, 0.3) is 5.91 Å². The normalized spacial score (nSPS) is 12.2. The summed E-state index contributed by atoms with van der Waals surface area (Å²) in [5.74, 6) is -0.0803. The number of carbonyl (C=O) groups excluding carboxylic acids is 2. The molecule has 2 amide bonds. The first-order valence-electron chi connectivity index (χ1n) is 20.4. The number of allylic oxidation sites excluding steroid dienone is 2. The average molecular weight is 651 g/mol. The number of rotatable bonds is 36. The van der Waals surface area contributed by atoms with Crippen molar-refractivity contribution in [2.75, 3.05) is 26.2 Å². The van der Waals surface area contributed by atoms with Gasteiger partial charge in [0.1, 0.15) is 0 Å². The van der Waals surface area contributed by atoms with Crippen LogP contribution in [0.5, 0.6) is 0 Å². The number of hydrogen-bond acceptors (Lipinski definition) is 2. The van der Waals surface area contributed by atoms with Crippen LogP contribution < -0.4 is 16.8 Å². The molecule has 0 aromatic rings. The monoisotopic (exact) mass is 651 g/mol. The zero-order valence-corrected chi connectivity index (χ0v) is 31.2. The lowest BCUT2D eigenvalue weighted by Gasteiger charge is -2.23. The molecule has 272 valence electrons. The largest absolute Gasteiger partial charge is 0.357 e. The minimum Gasteiger partial charge on any atom is -0.357 e. The molecule has 0 radical (unpaired) electrons. The highest BCUT2D eigenvalue weighted by Gasteiger charge is 2.19. The van der Waals surface area contributed by atoms with Gasteiger partial charge in [0.05, 0.1) is 19.5 Å². The molecule has 1 atom stereocenters. The van der Waals surface area contributed by atoms with Gasteiger partial charge in [-0.1, -0.05) is 167 Å². The SMILES string of the molecule is CCCCCCCC/C=C\CCCCCCCCN(CCCCCCCCCCCCCCCC)C(=O)CNC(=O)C([NH3+])CC[NH3+]. The molecule has 1 unspecified atom stereocenters. The fourth-order valence-electron chi connectivity index (χ4n) is 6.20. The van der Waals surface area contributed by atoms with Crippen molar-refractivity contribution in [1.82, 2.24) is 10.2 Å². The average Bonchev–Trinajstić information content (AvgIpc) is 3.06. The van der Waals surface area contributed by atoms with Crippen molar-refractivity contribution in [3.8, 4) is 0 Å². The Morgan fingerprint density at radius 3 is 1.28 bits per heavy atom. The summed E-state index contributed by atoms with van der Waals surface area (Å²) in [7, 11) is 0. The highest BCUT2D eigenvalue weighted by Crippen LogP contribution is 2.14. The van der Waals surface area contributed by atoms with Gasteiger partial charge in [-0.3, -0.25) is 9.59 Å². The zero-order chi connectivity index (χ0) is 33.8. The summed E-state index contributed by atoms with van der Waals surface area (Å²) in [5, 5.41) is 2.83. The van der Waals surface area contributed by atoms with E-state index in [-0.39, 0.29) is 24.4 Å². The Morgan fingerprint density at radius 2 is 0.913 bits per heavy atom. The molecule has 6 heteroatoms. The first-order chi connectivity index (χ1) is 22.6. The molecule has 0 aliphatic heterocycles. The Bertz CT molecular complexity index is 684. The third-order valence-corrected chi connectivity index (χ3v) is 9.41. The van der Waals surface area contributed by atoms with Crippen LogP contribution in [-0.4, -0.2) is 48.9 Å². The number of amides is 2. The zero-order valence-electron chi connectivity index (χ0n) is 31.2. The molecular weight excluding hydrogens is 568 g/mol. The van der Waals surface area contributed by atoms with Crippen LogP contribution >= 0.6 is 0 Å². The summed E-state index contributed by atoms with van der Waals surface area (Å²) in [6.45, 7) is 6.94. The molecular formula is C40H82N4O2+2. The van der Waals surface area contributed by atoms with E-state index in [1.165, 1.54) is 167 Å². The van der Waals surface area contributed by atoms with Crippen molar-refractivity contribution in [2.45, 2.75) is 206 Å². The minimum absolute atomic E-state index is 0.0533. The van der Waals surface area contributed by atoms with Gasteiger partial charge in [-0.05, 0) is 38.5 Å². The first kappa shape index (κ1) is 44.6. The summed E-state index contributed by atoms with van der Waals surface area (Å²) < 4.78 is 0. The predicted molar refractivity (Wildman–Crippen MR) is 198 cm³/mol. The van der Waals surface area contributed by atoms with Gasteiger partial charge >= 0.3 is 0 Å². The molecule has 0 aromatic heterocycles. The second-order valence-corrected chi connectivity index (χ2v) is 14.0. The van der Waals surface area contributed by atoms with E-state index in [4.69, 9.17) is 0 Å². The van der Waals surface area contributed by atoms with Crippen molar-refractivity contribution in [2.24, 2.45) is 0 Å². The molecule has 7 N–H and O–H groups in total. The standard InChI is InChI=1S/C40H80N4O2/c1-3-5-7-9-11-13-15-17-19-20-22-24-26-28-30-32-36-44(39(45)37-43-40(46)38(42)33-34-41)35-31-29-27-25-23-21-18-16-14-12-10-8-6-4-2/h17,19,38H,3-16,18,20-37,41-42H2,1-2H3,(H,43,46)/p+2/b19-17-. The molecule has 0 heterocycles. The van der Waals surface area contributed by atoms with Crippen molar-refractivity contribution in [3.05, 3.63) is 12.2 Å². The van der Waals surface area contributed by atoms with Crippen LogP contribution in [0.25, 0.3) is 0 Å². The van der Waals surface area contributed by atoms with E-state index in [2.05, 4.69) is 42.8 Å². The molecule has 0 fully saturated rings. The molecule has 0 spiro atoms. The summed E-state index contributed by atoms with van der Waals surface area (Å²) >= 11 is 0. The maximum absolute atomic E-state index is 13.1. The quantitative estimate of drug-likeness (QED) is 0.0466. The summed E-state index contributed by atoms with van der Waals surface area (Å²) in [6, 6.07) is -0.333. The Kier molecular flexibility index (Phi) is 35.3. The number of hydrogen-bond donors (Lipinski definition) is 3.